The lowest BCUT2D eigenvalue weighted by molar-refractivity contribution is -0.137. The molecule has 1 atom stereocenters. The first-order chi connectivity index (χ1) is 14.2. The summed E-state index contributed by atoms with van der Waals surface area (Å²) in [4.78, 5) is 30.6. The number of thioether (sulfide) groups is 1. The molecular weight excluding hydrogens is 422 g/mol. The van der Waals surface area contributed by atoms with E-state index in [4.69, 9.17) is 0 Å². The standard InChI is InChI=1S/C20H17F4N3O2S/c1-2-27-17(28)11-16(18(29)25-14-8-6-13(21)7-9-14)30-19(27)26-15-5-3-4-12(10-15)20(22,23)24/h3-10,16H,2,11H2,1H3,(H,25,29)/t16-/m1/s1. The highest BCUT2D eigenvalue weighted by atomic mass is 32.2. The van der Waals surface area contributed by atoms with Crippen molar-refractivity contribution in [2.75, 3.05) is 11.9 Å². The molecule has 0 aromatic heterocycles. The van der Waals surface area contributed by atoms with Crippen molar-refractivity contribution in [3.05, 3.63) is 59.9 Å². The molecule has 0 bridgehead atoms. The Labute approximate surface area is 174 Å². The molecular formula is C20H17F4N3O2S. The van der Waals surface area contributed by atoms with Gasteiger partial charge in [-0.2, -0.15) is 13.2 Å². The van der Waals surface area contributed by atoms with Crippen molar-refractivity contribution in [2.45, 2.75) is 24.8 Å². The van der Waals surface area contributed by atoms with E-state index in [9.17, 15) is 27.2 Å². The van der Waals surface area contributed by atoms with Crippen LogP contribution in [-0.4, -0.2) is 33.7 Å². The smallest absolute Gasteiger partial charge is 0.325 e. The monoisotopic (exact) mass is 439 g/mol. The molecule has 3 rings (SSSR count). The van der Waals surface area contributed by atoms with Gasteiger partial charge in [0.2, 0.25) is 11.8 Å². The molecule has 1 saturated heterocycles. The molecule has 0 unspecified atom stereocenters. The molecule has 2 amide bonds. The molecule has 158 valence electrons. The van der Waals surface area contributed by atoms with E-state index in [2.05, 4.69) is 10.3 Å². The number of alkyl halides is 3. The Balaban J connectivity index is 1.84. The Hall–Kier alpha value is -2.88. The highest BCUT2D eigenvalue weighted by Crippen LogP contribution is 2.33. The number of hydrogen-bond donors (Lipinski definition) is 1. The van der Waals surface area contributed by atoms with Gasteiger partial charge in [-0.25, -0.2) is 9.38 Å². The van der Waals surface area contributed by atoms with Crippen molar-refractivity contribution in [1.82, 2.24) is 4.90 Å². The van der Waals surface area contributed by atoms with E-state index in [-0.39, 0.29) is 29.7 Å². The third-order valence-electron chi connectivity index (χ3n) is 4.26. The van der Waals surface area contributed by atoms with Crippen LogP contribution < -0.4 is 5.32 Å². The second kappa shape index (κ2) is 8.86. The summed E-state index contributed by atoms with van der Waals surface area (Å²) in [6.45, 7) is 1.97. The first-order valence-corrected chi connectivity index (χ1v) is 9.84. The number of anilines is 1. The van der Waals surface area contributed by atoms with Gasteiger partial charge in [-0.3, -0.25) is 14.5 Å². The predicted molar refractivity (Wildman–Crippen MR) is 107 cm³/mol. The molecule has 5 nitrogen and oxygen atoms in total. The van der Waals surface area contributed by atoms with Gasteiger partial charge in [0, 0.05) is 18.7 Å². The van der Waals surface area contributed by atoms with E-state index in [1.54, 1.807) is 6.92 Å². The molecule has 0 spiro atoms. The van der Waals surface area contributed by atoms with E-state index in [1.807, 2.05) is 0 Å². The lowest BCUT2D eigenvalue weighted by atomic mass is 10.2. The van der Waals surface area contributed by atoms with Gasteiger partial charge in [0.1, 0.15) is 11.1 Å². The van der Waals surface area contributed by atoms with E-state index in [1.165, 1.54) is 41.3 Å². The average Bonchev–Trinajstić information content (AvgIpc) is 2.69. The maximum absolute atomic E-state index is 13.0. The number of amides is 2. The summed E-state index contributed by atoms with van der Waals surface area (Å²) >= 11 is 0.994. The minimum absolute atomic E-state index is 0.0261. The SMILES string of the molecule is CCN1C(=O)C[C@H](C(=O)Nc2ccc(F)cc2)SC1=Nc1cccc(C(F)(F)F)c1. The van der Waals surface area contributed by atoms with Crippen molar-refractivity contribution in [2.24, 2.45) is 4.99 Å². The van der Waals surface area contributed by atoms with Crippen molar-refractivity contribution in [3.63, 3.8) is 0 Å². The van der Waals surface area contributed by atoms with E-state index in [0.717, 1.165) is 23.9 Å². The van der Waals surface area contributed by atoms with Crippen molar-refractivity contribution in [3.8, 4) is 0 Å². The number of aliphatic imine (C=N–C) groups is 1. The Morgan fingerprint density at radius 1 is 1.23 bits per heavy atom. The quantitative estimate of drug-likeness (QED) is 0.695. The van der Waals surface area contributed by atoms with Crippen LogP contribution in [0.15, 0.2) is 53.5 Å². The minimum atomic E-state index is -4.52. The first kappa shape index (κ1) is 21.8. The number of nitrogens with zero attached hydrogens (tertiary/aromatic N) is 2. The summed E-state index contributed by atoms with van der Waals surface area (Å²) in [5.74, 6) is -1.29. The van der Waals surface area contributed by atoms with Crippen LogP contribution in [0.3, 0.4) is 0 Å². The van der Waals surface area contributed by atoms with Gasteiger partial charge in [0.15, 0.2) is 5.17 Å². The van der Waals surface area contributed by atoms with Crippen LogP contribution in [0.1, 0.15) is 18.9 Å². The Kier molecular flexibility index (Phi) is 6.45. The number of halogens is 4. The fourth-order valence-electron chi connectivity index (χ4n) is 2.77. The minimum Gasteiger partial charge on any atom is -0.325 e. The largest absolute Gasteiger partial charge is 0.416 e. The lowest BCUT2D eigenvalue weighted by Crippen LogP contribution is -2.45. The fourth-order valence-corrected chi connectivity index (χ4v) is 3.93. The van der Waals surface area contributed by atoms with Gasteiger partial charge < -0.3 is 5.32 Å². The number of carbonyl (C=O) groups excluding carboxylic acids is 2. The second-order valence-electron chi connectivity index (χ2n) is 6.39. The topological polar surface area (TPSA) is 61.8 Å². The third-order valence-corrected chi connectivity index (χ3v) is 5.45. The maximum atomic E-state index is 13.0. The van der Waals surface area contributed by atoms with Crippen molar-refractivity contribution >= 4 is 40.1 Å². The highest BCUT2D eigenvalue weighted by molar-refractivity contribution is 8.15. The molecule has 2 aromatic rings. The number of benzene rings is 2. The zero-order chi connectivity index (χ0) is 21.9. The lowest BCUT2D eigenvalue weighted by Gasteiger charge is -2.31. The molecule has 0 radical (unpaired) electrons. The summed E-state index contributed by atoms with van der Waals surface area (Å²) in [6, 6.07) is 9.59. The average molecular weight is 439 g/mol. The number of amidine groups is 1. The first-order valence-electron chi connectivity index (χ1n) is 8.96. The normalized spacial score (nSPS) is 18.6. The maximum Gasteiger partial charge on any atom is 0.416 e. The number of nitrogens with one attached hydrogen (secondary N) is 1. The van der Waals surface area contributed by atoms with Crippen LogP contribution in [0.25, 0.3) is 0 Å². The zero-order valence-electron chi connectivity index (χ0n) is 15.7. The Morgan fingerprint density at radius 3 is 2.57 bits per heavy atom. The highest BCUT2D eigenvalue weighted by Gasteiger charge is 2.35. The molecule has 2 aromatic carbocycles. The second-order valence-corrected chi connectivity index (χ2v) is 7.56. The van der Waals surface area contributed by atoms with Gasteiger partial charge >= 0.3 is 6.18 Å². The van der Waals surface area contributed by atoms with Crippen molar-refractivity contribution in [1.29, 1.82) is 0 Å². The molecule has 1 N–H and O–H groups in total. The van der Waals surface area contributed by atoms with Crippen molar-refractivity contribution < 1.29 is 27.2 Å². The third kappa shape index (κ3) is 5.18. The molecule has 30 heavy (non-hydrogen) atoms. The van der Waals surface area contributed by atoms with Crippen LogP contribution in [-0.2, 0) is 15.8 Å². The Bertz CT molecular complexity index is 977. The van der Waals surface area contributed by atoms with E-state index in [0.29, 0.717) is 5.69 Å². The molecule has 0 saturated carbocycles. The van der Waals surface area contributed by atoms with E-state index >= 15 is 0 Å². The van der Waals surface area contributed by atoms with Crippen LogP contribution in [0.5, 0.6) is 0 Å². The summed E-state index contributed by atoms with van der Waals surface area (Å²) in [7, 11) is 0. The Morgan fingerprint density at radius 2 is 1.93 bits per heavy atom. The zero-order valence-corrected chi connectivity index (χ0v) is 16.6. The summed E-state index contributed by atoms with van der Waals surface area (Å²) < 4.78 is 51.9. The molecule has 1 heterocycles. The number of hydrogen-bond acceptors (Lipinski definition) is 4. The van der Waals surface area contributed by atoms with Gasteiger partial charge in [-0.05, 0) is 49.4 Å². The van der Waals surface area contributed by atoms with Crippen LogP contribution in [0, 0.1) is 5.82 Å². The number of carbonyl (C=O) groups is 2. The summed E-state index contributed by atoms with van der Waals surface area (Å²) in [5.41, 5.74) is -0.466. The molecule has 0 aliphatic carbocycles. The molecule has 10 heteroatoms. The van der Waals surface area contributed by atoms with Crippen LogP contribution in [0.4, 0.5) is 28.9 Å². The van der Waals surface area contributed by atoms with Crippen LogP contribution >= 0.6 is 11.8 Å². The predicted octanol–water partition coefficient (Wildman–Crippen LogP) is 4.82. The van der Waals surface area contributed by atoms with Gasteiger partial charge in [0.05, 0.1) is 11.3 Å². The molecule has 1 aliphatic heterocycles. The summed E-state index contributed by atoms with van der Waals surface area (Å²) in [6.07, 6.45) is -4.61. The fraction of sp³-hybridized carbons (Fsp3) is 0.250. The van der Waals surface area contributed by atoms with E-state index < -0.39 is 28.7 Å². The molecule has 1 fully saturated rings. The summed E-state index contributed by atoms with van der Waals surface area (Å²) in [5, 5.41) is 1.93. The number of rotatable bonds is 4. The van der Waals surface area contributed by atoms with Gasteiger partial charge in [-0.15, -0.1) is 0 Å². The van der Waals surface area contributed by atoms with Crippen LogP contribution in [0.2, 0.25) is 0 Å². The molecule has 1 aliphatic rings. The van der Waals surface area contributed by atoms with Gasteiger partial charge in [-0.1, -0.05) is 17.8 Å². The van der Waals surface area contributed by atoms with Gasteiger partial charge in [0.25, 0.3) is 0 Å².